The van der Waals surface area contributed by atoms with Crippen LogP contribution in [0.15, 0.2) is 41.7 Å². The Morgan fingerprint density at radius 2 is 1.92 bits per heavy atom. The second-order valence-corrected chi connectivity index (χ2v) is 7.31. The van der Waals surface area contributed by atoms with E-state index in [-0.39, 0.29) is 22.5 Å². The van der Waals surface area contributed by atoms with Crippen molar-refractivity contribution in [1.29, 1.82) is 0 Å². The number of nitrogens with one attached hydrogen (secondary N) is 1. The molecule has 0 saturated carbocycles. The zero-order chi connectivity index (χ0) is 18.7. The number of nitrogens with zero attached hydrogens (tertiary/aromatic N) is 4. The van der Waals surface area contributed by atoms with E-state index < -0.39 is 0 Å². The van der Waals surface area contributed by atoms with Crippen LogP contribution >= 0.6 is 35.0 Å². The van der Waals surface area contributed by atoms with Gasteiger partial charge in [0.25, 0.3) is 0 Å². The lowest BCUT2D eigenvalue weighted by molar-refractivity contribution is -0.113. The molecule has 134 valence electrons. The van der Waals surface area contributed by atoms with Crippen LogP contribution in [0.4, 0.5) is 5.82 Å². The van der Waals surface area contributed by atoms with Crippen LogP contribution in [0.5, 0.6) is 0 Å². The maximum Gasteiger partial charge on any atom is 0.236 e. The number of thioether (sulfide) groups is 1. The molecule has 0 fully saturated rings. The van der Waals surface area contributed by atoms with Gasteiger partial charge >= 0.3 is 0 Å². The standard InChI is InChI=1S/C17H15Cl2N5OS/c1-10-3-5-13(6-4-10)24-11(2)22-23-17(24)26-9-15(25)21-16-14(19)7-12(18)8-20-16/h3-8H,9H2,1-2H3,(H,20,21,25). The van der Waals surface area contributed by atoms with Crippen LogP contribution in [-0.2, 0) is 4.79 Å². The molecule has 0 aliphatic carbocycles. The Morgan fingerprint density at radius 1 is 1.19 bits per heavy atom. The first-order valence-electron chi connectivity index (χ1n) is 7.67. The topological polar surface area (TPSA) is 72.7 Å². The van der Waals surface area contributed by atoms with Gasteiger partial charge in [0.15, 0.2) is 11.0 Å². The molecule has 9 heteroatoms. The minimum absolute atomic E-state index is 0.143. The largest absolute Gasteiger partial charge is 0.309 e. The molecule has 3 rings (SSSR count). The van der Waals surface area contributed by atoms with E-state index in [9.17, 15) is 4.79 Å². The molecule has 0 aliphatic rings. The number of aromatic nitrogens is 4. The molecule has 0 radical (unpaired) electrons. The van der Waals surface area contributed by atoms with Gasteiger partial charge in [0.2, 0.25) is 5.91 Å². The summed E-state index contributed by atoms with van der Waals surface area (Å²) < 4.78 is 1.91. The predicted molar refractivity (Wildman–Crippen MR) is 104 cm³/mol. The zero-order valence-corrected chi connectivity index (χ0v) is 16.4. The van der Waals surface area contributed by atoms with Gasteiger partial charge in [-0.05, 0) is 32.0 Å². The van der Waals surface area contributed by atoms with Crippen LogP contribution in [0.3, 0.4) is 0 Å². The highest BCUT2D eigenvalue weighted by molar-refractivity contribution is 7.99. The van der Waals surface area contributed by atoms with Crippen molar-refractivity contribution < 1.29 is 4.79 Å². The Labute approximate surface area is 164 Å². The quantitative estimate of drug-likeness (QED) is 0.637. The van der Waals surface area contributed by atoms with E-state index >= 15 is 0 Å². The van der Waals surface area contributed by atoms with Crippen molar-refractivity contribution in [2.45, 2.75) is 19.0 Å². The van der Waals surface area contributed by atoms with Crippen molar-refractivity contribution in [1.82, 2.24) is 19.7 Å². The van der Waals surface area contributed by atoms with Crippen LogP contribution in [0, 0.1) is 13.8 Å². The molecule has 6 nitrogen and oxygen atoms in total. The molecule has 1 aromatic carbocycles. The average Bonchev–Trinajstić information content (AvgIpc) is 2.97. The number of halogens is 2. The zero-order valence-electron chi connectivity index (χ0n) is 14.0. The minimum Gasteiger partial charge on any atom is -0.309 e. The van der Waals surface area contributed by atoms with E-state index in [1.54, 1.807) is 0 Å². The summed E-state index contributed by atoms with van der Waals surface area (Å²) in [5.41, 5.74) is 2.11. The lowest BCUT2D eigenvalue weighted by Gasteiger charge is -2.09. The summed E-state index contributed by atoms with van der Waals surface area (Å²) in [5.74, 6) is 0.921. The molecular formula is C17H15Cl2N5OS. The number of pyridine rings is 1. The number of amides is 1. The minimum atomic E-state index is -0.247. The fourth-order valence-corrected chi connectivity index (χ4v) is 3.46. The number of carbonyl (C=O) groups is 1. The summed E-state index contributed by atoms with van der Waals surface area (Å²) in [4.78, 5) is 16.2. The third-order valence-corrected chi connectivity index (χ3v) is 4.91. The lowest BCUT2D eigenvalue weighted by atomic mass is 10.2. The number of carbonyl (C=O) groups excluding carboxylic acids is 1. The summed E-state index contributed by atoms with van der Waals surface area (Å²) >= 11 is 13.1. The van der Waals surface area contributed by atoms with E-state index in [1.165, 1.54) is 29.6 Å². The van der Waals surface area contributed by atoms with Crippen LogP contribution in [0.1, 0.15) is 11.4 Å². The van der Waals surface area contributed by atoms with Gasteiger partial charge < -0.3 is 5.32 Å². The highest BCUT2D eigenvalue weighted by Gasteiger charge is 2.14. The predicted octanol–water partition coefficient (Wildman–Crippen LogP) is 4.32. The molecular weight excluding hydrogens is 393 g/mol. The van der Waals surface area contributed by atoms with E-state index in [2.05, 4.69) is 20.5 Å². The van der Waals surface area contributed by atoms with Gasteiger partial charge in [-0.25, -0.2) is 4.98 Å². The summed E-state index contributed by atoms with van der Waals surface area (Å²) in [6.07, 6.45) is 1.42. The fourth-order valence-electron chi connectivity index (χ4n) is 2.23. The van der Waals surface area contributed by atoms with Crippen molar-refractivity contribution in [2.24, 2.45) is 0 Å². The molecule has 0 atom stereocenters. The smallest absolute Gasteiger partial charge is 0.236 e. The third kappa shape index (κ3) is 4.35. The molecule has 0 unspecified atom stereocenters. The van der Waals surface area contributed by atoms with Gasteiger partial charge in [-0.2, -0.15) is 0 Å². The summed E-state index contributed by atoms with van der Waals surface area (Å²) in [6.45, 7) is 3.90. The molecule has 26 heavy (non-hydrogen) atoms. The maximum atomic E-state index is 12.2. The van der Waals surface area contributed by atoms with Crippen molar-refractivity contribution in [3.8, 4) is 5.69 Å². The Kier molecular flexibility index (Phi) is 5.80. The number of hydrogen-bond acceptors (Lipinski definition) is 5. The van der Waals surface area contributed by atoms with Crippen molar-refractivity contribution in [2.75, 3.05) is 11.1 Å². The van der Waals surface area contributed by atoms with E-state index in [0.717, 1.165) is 11.5 Å². The van der Waals surface area contributed by atoms with E-state index in [0.29, 0.717) is 10.2 Å². The van der Waals surface area contributed by atoms with Crippen molar-refractivity contribution >= 4 is 46.7 Å². The molecule has 0 aliphatic heterocycles. The highest BCUT2D eigenvalue weighted by atomic mass is 35.5. The van der Waals surface area contributed by atoms with Crippen LogP contribution < -0.4 is 5.32 Å². The first-order chi connectivity index (χ1) is 12.4. The summed E-state index contributed by atoms with van der Waals surface area (Å²) in [6, 6.07) is 9.55. The molecule has 0 saturated heterocycles. The van der Waals surface area contributed by atoms with Crippen molar-refractivity contribution in [3.05, 3.63) is 58.0 Å². The van der Waals surface area contributed by atoms with Crippen LogP contribution in [0.25, 0.3) is 5.69 Å². The molecule has 2 aromatic heterocycles. The number of rotatable bonds is 5. The molecule has 1 N–H and O–H groups in total. The number of aryl methyl sites for hydroxylation is 2. The normalized spacial score (nSPS) is 10.8. The average molecular weight is 408 g/mol. The van der Waals surface area contributed by atoms with Crippen LogP contribution in [-0.4, -0.2) is 31.4 Å². The lowest BCUT2D eigenvalue weighted by Crippen LogP contribution is -2.15. The number of anilines is 1. The van der Waals surface area contributed by atoms with Gasteiger partial charge in [0.05, 0.1) is 15.8 Å². The van der Waals surface area contributed by atoms with Gasteiger partial charge in [0, 0.05) is 11.9 Å². The first kappa shape index (κ1) is 18.7. The SMILES string of the molecule is Cc1ccc(-n2c(C)nnc2SCC(=O)Nc2ncc(Cl)cc2Cl)cc1. The monoisotopic (exact) mass is 407 g/mol. The number of hydrogen-bond donors (Lipinski definition) is 1. The fraction of sp³-hybridized carbons (Fsp3) is 0.176. The Morgan fingerprint density at radius 3 is 2.62 bits per heavy atom. The molecule has 3 aromatic rings. The Hall–Kier alpha value is -2.09. The molecule has 0 spiro atoms. The van der Waals surface area contributed by atoms with Gasteiger partial charge in [-0.1, -0.05) is 52.7 Å². The second kappa shape index (κ2) is 8.07. The molecule has 0 bridgehead atoms. The highest BCUT2D eigenvalue weighted by Crippen LogP contribution is 2.24. The number of benzene rings is 1. The van der Waals surface area contributed by atoms with E-state index in [1.807, 2.05) is 42.7 Å². The summed E-state index contributed by atoms with van der Waals surface area (Å²) in [7, 11) is 0. The van der Waals surface area contributed by atoms with Crippen LogP contribution in [0.2, 0.25) is 10.0 Å². The molecule has 2 heterocycles. The Bertz CT molecular complexity index is 943. The summed E-state index contributed by atoms with van der Waals surface area (Å²) in [5, 5.41) is 12.3. The van der Waals surface area contributed by atoms with Gasteiger partial charge in [-0.3, -0.25) is 9.36 Å². The maximum absolute atomic E-state index is 12.2. The van der Waals surface area contributed by atoms with Crippen molar-refractivity contribution in [3.63, 3.8) is 0 Å². The van der Waals surface area contributed by atoms with E-state index in [4.69, 9.17) is 23.2 Å². The first-order valence-corrected chi connectivity index (χ1v) is 9.41. The molecule has 1 amide bonds. The Balaban J connectivity index is 1.70. The third-order valence-electron chi connectivity index (χ3n) is 3.49. The second-order valence-electron chi connectivity index (χ2n) is 5.52. The van der Waals surface area contributed by atoms with Gasteiger partial charge in [-0.15, -0.1) is 10.2 Å². The van der Waals surface area contributed by atoms with Gasteiger partial charge in [0.1, 0.15) is 5.82 Å².